The Bertz CT molecular complexity index is 628. The molecule has 2 aromatic rings. The standard InChI is InChI=1S/C16H17BrO4/c1-19-11-5-6-12(13(17)9-11)16(18)10-4-7-14(20-2)15(8-10)21-3/h4-9,16,18H,1-3H3. The van der Waals surface area contributed by atoms with E-state index < -0.39 is 6.10 Å². The fourth-order valence-corrected chi connectivity index (χ4v) is 2.63. The van der Waals surface area contributed by atoms with Gasteiger partial charge in [0.1, 0.15) is 11.9 Å². The predicted octanol–water partition coefficient (Wildman–Crippen LogP) is 3.56. The smallest absolute Gasteiger partial charge is 0.161 e. The normalized spacial score (nSPS) is 11.9. The van der Waals surface area contributed by atoms with Gasteiger partial charge in [0, 0.05) is 4.47 Å². The summed E-state index contributed by atoms with van der Waals surface area (Å²) in [4.78, 5) is 0. The molecule has 1 atom stereocenters. The van der Waals surface area contributed by atoms with Gasteiger partial charge in [0.25, 0.3) is 0 Å². The van der Waals surface area contributed by atoms with Gasteiger partial charge in [0.15, 0.2) is 11.5 Å². The maximum absolute atomic E-state index is 10.6. The lowest BCUT2D eigenvalue weighted by atomic mass is 10.0. The third-order valence-electron chi connectivity index (χ3n) is 3.23. The molecule has 0 bridgehead atoms. The third kappa shape index (κ3) is 3.31. The van der Waals surface area contributed by atoms with Crippen LogP contribution in [0.1, 0.15) is 17.2 Å². The highest BCUT2D eigenvalue weighted by Gasteiger charge is 2.16. The fraction of sp³-hybridized carbons (Fsp3) is 0.250. The molecule has 0 aromatic heterocycles. The second-order valence-electron chi connectivity index (χ2n) is 4.40. The van der Waals surface area contributed by atoms with Crippen molar-refractivity contribution in [3.8, 4) is 17.2 Å². The van der Waals surface area contributed by atoms with Gasteiger partial charge in [-0.1, -0.05) is 28.1 Å². The summed E-state index contributed by atoms with van der Waals surface area (Å²) in [5.74, 6) is 1.94. The number of rotatable bonds is 5. The van der Waals surface area contributed by atoms with Crippen LogP contribution in [0.3, 0.4) is 0 Å². The van der Waals surface area contributed by atoms with E-state index in [0.717, 1.165) is 21.3 Å². The van der Waals surface area contributed by atoms with Gasteiger partial charge < -0.3 is 19.3 Å². The number of methoxy groups -OCH3 is 3. The number of ether oxygens (including phenoxy) is 3. The molecule has 0 radical (unpaired) electrons. The summed E-state index contributed by atoms with van der Waals surface area (Å²) in [5, 5.41) is 10.6. The van der Waals surface area contributed by atoms with E-state index >= 15 is 0 Å². The van der Waals surface area contributed by atoms with Crippen LogP contribution in [-0.4, -0.2) is 26.4 Å². The van der Waals surface area contributed by atoms with Crippen LogP contribution in [0.5, 0.6) is 17.2 Å². The highest BCUT2D eigenvalue weighted by atomic mass is 79.9. The molecule has 0 aliphatic rings. The summed E-state index contributed by atoms with van der Waals surface area (Å²) in [7, 11) is 4.75. The second-order valence-corrected chi connectivity index (χ2v) is 5.26. The lowest BCUT2D eigenvalue weighted by Crippen LogP contribution is -2.02. The minimum atomic E-state index is -0.773. The molecule has 0 fully saturated rings. The van der Waals surface area contributed by atoms with E-state index in [0.29, 0.717) is 11.5 Å². The first-order valence-electron chi connectivity index (χ1n) is 6.34. The predicted molar refractivity (Wildman–Crippen MR) is 84.3 cm³/mol. The summed E-state index contributed by atoms with van der Waals surface area (Å²) in [6.07, 6.45) is -0.773. The van der Waals surface area contributed by atoms with Crippen molar-refractivity contribution in [3.63, 3.8) is 0 Å². The quantitative estimate of drug-likeness (QED) is 0.893. The lowest BCUT2D eigenvalue weighted by molar-refractivity contribution is 0.218. The molecular formula is C16H17BrO4. The molecule has 21 heavy (non-hydrogen) atoms. The minimum Gasteiger partial charge on any atom is -0.497 e. The molecule has 0 heterocycles. The molecule has 0 saturated heterocycles. The van der Waals surface area contributed by atoms with Gasteiger partial charge in [-0.05, 0) is 35.4 Å². The molecule has 5 heteroatoms. The maximum atomic E-state index is 10.6. The fourth-order valence-electron chi connectivity index (χ4n) is 2.06. The van der Waals surface area contributed by atoms with Crippen LogP contribution < -0.4 is 14.2 Å². The van der Waals surface area contributed by atoms with Gasteiger partial charge in [0.05, 0.1) is 21.3 Å². The Labute approximate surface area is 132 Å². The first-order valence-corrected chi connectivity index (χ1v) is 7.13. The Morgan fingerprint density at radius 1 is 0.905 bits per heavy atom. The topological polar surface area (TPSA) is 47.9 Å². The van der Waals surface area contributed by atoms with Crippen molar-refractivity contribution in [2.75, 3.05) is 21.3 Å². The monoisotopic (exact) mass is 352 g/mol. The number of hydrogen-bond acceptors (Lipinski definition) is 4. The molecule has 1 unspecified atom stereocenters. The van der Waals surface area contributed by atoms with Crippen LogP contribution in [0.2, 0.25) is 0 Å². The van der Waals surface area contributed by atoms with E-state index in [2.05, 4.69) is 15.9 Å². The van der Waals surface area contributed by atoms with E-state index in [-0.39, 0.29) is 0 Å². The van der Waals surface area contributed by atoms with Crippen LogP contribution in [0.15, 0.2) is 40.9 Å². The molecule has 1 N–H and O–H groups in total. The zero-order chi connectivity index (χ0) is 15.4. The summed E-state index contributed by atoms with van der Waals surface area (Å²) < 4.78 is 16.4. The average molecular weight is 353 g/mol. The summed E-state index contributed by atoms with van der Waals surface area (Å²) in [6, 6.07) is 10.8. The lowest BCUT2D eigenvalue weighted by Gasteiger charge is -2.16. The van der Waals surface area contributed by atoms with Crippen molar-refractivity contribution in [2.24, 2.45) is 0 Å². The van der Waals surface area contributed by atoms with Crippen LogP contribution in [0.4, 0.5) is 0 Å². The zero-order valence-corrected chi connectivity index (χ0v) is 13.7. The van der Waals surface area contributed by atoms with Crippen molar-refractivity contribution in [3.05, 3.63) is 52.0 Å². The highest BCUT2D eigenvalue weighted by molar-refractivity contribution is 9.10. The molecule has 112 valence electrons. The van der Waals surface area contributed by atoms with Crippen molar-refractivity contribution in [1.29, 1.82) is 0 Å². The average Bonchev–Trinajstić information content (AvgIpc) is 2.53. The molecule has 2 aromatic carbocycles. The molecule has 4 nitrogen and oxygen atoms in total. The number of aliphatic hydroxyl groups excluding tert-OH is 1. The summed E-state index contributed by atoms with van der Waals surface area (Å²) in [5.41, 5.74) is 1.47. The SMILES string of the molecule is COc1ccc(C(O)c2ccc(OC)c(OC)c2)c(Br)c1. The minimum absolute atomic E-state index is 0.582. The Balaban J connectivity index is 2.37. The van der Waals surface area contributed by atoms with Crippen molar-refractivity contribution >= 4 is 15.9 Å². The molecule has 0 saturated carbocycles. The first kappa shape index (κ1) is 15.7. The van der Waals surface area contributed by atoms with Gasteiger partial charge in [-0.2, -0.15) is 0 Å². The number of hydrogen-bond donors (Lipinski definition) is 1. The Kier molecular flexibility index (Phi) is 5.09. The number of benzene rings is 2. The van der Waals surface area contributed by atoms with E-state index in [1.165, 1.54) is 0 Å². The second kappa shape index (κ2) is 6.83. The van der Waals surface area contributed by atoms with Crippen LogP contribution >= 0.6 is 15.9 Å². The van der Waals surface area contributed by atoms with Crippen molar-refractivity contribution in [2.45, 2.75) is 6.10 Å². The van der Waals surface area contributed by atoms with E-state index in [9.17, 15) is 5.11 Å². The maximum Gasteiger partial charge on any atom is 0.161 e. The van der Waals surface area contributed by atoms with E-state index in [4.69, 9.17) is 14.2 Å². The van der Waals surface area contributed by atoms with Crippen molar-refractivity contribution < 1.29 is 19.3 Å². The molecule has 0 aliphatic carbocycles. The Morgan fingerprint density at radius 3 is 2.19 bits per heavy atom. The number of aliphatic hydroxyl groups is 1. The molecular weight excluding hydrogens is 336 g/mol. The highest BCUT2D eigenvalue weighted by Crippen LogP contribution is 2.35. The Morgan fingerprint density at radius 2 is 1.62 bits per heavy atom. The molecule has 2 rings (SSSR count). The molecule has 0 aliphatic heterocycles. The van der Waals surface area contributed by atoms with Gasteiger partial charge in [-0.3, -0.25) is 0 Å². The van der Waals surface area contributed by atoms with Gasteiger partial charge in [-0.25, -0.2) is 0 Å². The Hall–Kier alpha value is -1.72. The van der Waals surface area contributed by atoms with Crippen LogP contribution in [0, 0.1) is 0 Å². The van der Waals surface area contributed by atoms with Crippen LogP contribution in [0.25, 0.3) is 0 Å². The molecule has 0 amide bonds. The summed E-state index contributed by atoms with van der Waals surface area (Å²) >= 11 is 3.45. The van der Waals surface area contributed by atoms with Crippen LogP contribution in [-0.2, 0) is 0 Å². The van der Waals surface area contributed by atoms with Crippen molar-refractivity contribution in [1.82, 2.24) is 0 Å². The first-order chi connectivity index (χ1) is 10.1. The van der Waals surface area contributed by atoms with Gasteiger partial charge >= 0.3 is 0 Å². The van der Waals surface area contributed by atoms with Gasteiger partial charge in [-0.15, -0.1) is 0 Å². The summed E-state index contributed by atoms with van der Waals surface area (Å²) in [6.45, 7) is 0. The zero-order valence-electron chi connectivity index (χ0n) is 12.1. The van der Waals surface area contributed by atoms with E-state index in [1.807, 2.05) is 24.3 Å². The third-order valence-corrected chi connectivity index (χ3v) is 3.91. The van der Waals surface area contributed by atoms with E-state index in [1.54, 1.807) is 33.5 Å². The molecule has 0 spiro atoms. The largest absolute Gasteiger partial charge is 0.497 e. The van der Waals surface area contributed by atoms with Gasteiger partial charge in [0.2, 0.25) is 0 Å². The number of halogens is 1.